The highest BCUT2D eigenvalue weighted by molar-refractivity contribution is 4.95. The van der Waals surface area contributed by atoms with Gasteiger partial charge in [0.25, 0.3) is 0 Å². The second kappa shape index (κ2) is 26.2. The molecule has 4 N–H and O–H groups in total. The Morgan fingerprint density at radius 1 is 1.13 bits per heavy atom. The molecule has 0 aliphatic rings. The fourth-order valence-electron chi connectivity index (χ4n) is 1.11. The summed E-state index contributed by atoms with van der Waals surface area (Å²) in [5.74, 6) is 0.672. The van der Waals surface area contributed by atoms with Crippen LogP contribution in [-0.2, 0) is 0 Å². The van der Waals surface area contributed by atoms with E-state index in [2.05, 4.69) is 45.0 Å². The van der Waals surface area contributed by atoms with Gasteiger partial charge in [-0.05, 0) is 39.7 Å². The minimum atomic E-state index is 0.319. The van der Waals surface area contributed by atoms with Crippen LogP contribution in [0, 0.1) is 5.92 Å². The minimum absolute atomic E-state index is 0.319. The third kappa shape index (κ3) is 29.8. The molecule has 0 bridgehead atoms. The molecule has 0 rings (SSSR count). The Balaban J connectivity index is -0.000000190. The predicted molar refractivity (Wildman–Crippen MR) is 107 cm³/mol. The number of allylic oxidation sites excluding steroid dienone is 1. The summed E-state index contributed by atoms with van der Waals surface area (Å²) in [6.45, 7) is 19.9. The van der Waals surface area contributed by atoms with E-state index in [0.717, 1.165) is 25.2 Å². The quantitative estimate of drug-likeness (QED) is 0.570. The van der Waals surface area contributed by atoms with Crippen LogP contribution in [0.15, 0.2) is 11.9 Å². The minimum Gasteiger partial charge on any atom is -0.401 e. The number of nitrogens with zero attached hydrogens (tertiary/aromatic N) is 1. The molecule has 4 nitrogen and oxygen atoms in total. The van der Waals surface area contributed by atoms with Crippen molar-refractivity contribution in [3.8, 4) is 0 Å². The van der Waals surface area contributed by atoms with Crippen molar-refractivity contribution >= 4 is 0 Å². The van der Waals surface area contributed by atoms with Gasteiger partial charge in [0.2, 0.25) is 0 Å². The van der Waals surface area contributed by atoms with Crippen molar-refractivity contribution in [1.82, 2.24) is 10.2 Å². The Morgan fingerprint density at radius 2 is 1.57 bits per heavy atom. The molecule has 0 aromatic carbocycles. The first kappa shape index (κ1) is 30.2. The molecule has 1 atom stereocenters. The first-order valence-electron chi connectivity index (χ1n) is 9.37. The van der Waals surface area contributed by atoms with Crippen LogP contribution in [-0.4, -0.2) is 36.4 Å². The molecule has 0 fully saturated rings. The molecular formula is C19H47N3O. The normalized spacial score (nSPS) is 11.4. The highest BCUT2D eigenvalue weighted by atomic mass is 16.2. The van der Waals surface area contributed by atoms with Crippen LogP contribution in [0.2, 0.25) is 0 Å². The Labute approximate surface area is 147 Å². The molecule has 0 aliphatic heterocycles. The molecule has 0 heterocycles. The lowest BCUT2D eigenvalue weighted by molar-refractivity contribution is 0.264. The number of aliphatic hydroxyl groups excluding tert-OH is 1. The van der Waals surface area contributed by atoms with Crippen LogP contribution in [0.4, 0.5) is 0 Å². The van der Waals surface area contributed by atoms with Gasteiger partial charge in [0.05, 0.1) is 6.67 Å². The van der Waals surface area contributed by atoms with Gasteiger partial charge in [-0.1, -0.05) is 54.9 Å². The van der Waals surface area contributed by atoms with Gasteiger partial charge in [0.15, 0.2) is 0 Å². The predicted octanol–water partition coefficient (Wildman–Crippen LogP) is 4.55. The van der Waals surface area contributed by atoms with Gasteiger partial charge >= 0.3 is 0 Å². The number of nitrogens with two attached hydrogens (primary N) is 1. The van der Waals surface area contributed by atoms with Crippen LogP contribution in [0.3, 0.4) is 0 Å². The smallest absolute Gasteiger partial charge is 0.0673 e. The first-order valence-corrected chi connectivity index (χ1v) is 9.37. The maximum atomic E-state index is 7.88. The number of hydrogen-bond acceptors (Lipinski definition) is 4. The van der Waals surface area contributed by atoms with E-state index >= 15 is 0 Å². The summed E-state index contributed by atoms with van der Waals surface area (Å²) in [6.07, 6.45) is 4.97. The summed E-state index contributed by atoms with van der Waals surface area (Å²) in [6, 6.07) is 0.557. The number of aliphatic hydroxyl groups is 1. The summed E-state index contributed by atoms with van der Waals surface area (Å²) >= 11 is 0. The van der Waals surface area contributed by atoms with E-state index in [9.17, 15) is 0 Å². The molecular weight excluding hydrogens is 286 g/mol. The topological polar surface area (TPSA) is 61.5 Å². The maximum absolute atomic E-state index is 7.88. The largest absolute Gasteiger partial charge is 0.401 e. The third-order valence-corrected chi connectivity index (χ3v) is 3.01. The summed E-state index contributed by atoms with van der Waals surface area (Å²) in [5, 5.41) is 11.1. The van der Waals surface area contributed by atoms with E-state index in [1.54, 1.807) is 0 Å². The van der Waals surface area contributed by atoms with Crippen molar-refractivity contribution in [1.29, 1.82) is 0 Å². The Kier molecular flexibility index (Phi) is 34.3. The van der Waals surface area contributed by atoms with Gasteiger partial charge in [-0.3, -0.25) is 4.90 Å². The van der Waals surface area contributed by atoms with Crippen LogP contribution in [0.5, 0.6) is 0 Å². The van der Waals surface area contributed by atoms with Gasteiger partial charge in [-0.15, -0.1) is 0 Å². The highest BCUT2D eigenvalue weighted by Gasteiger charge is 2.02. The lowest BCUT2D eigenvalue weighted by Crippen LogP contribution is -2.34. The van der Waals surface area contributed by atoms with Crippen molar-refractivity contribution in [2.45, 2.75) is 87.6 Å². The van der Waals surface area contributed by atoms with E-state index in [1.165, 1.54) is 6.42 Å². The molecule has 0 radical (unpaired) electrons. The van der Waals surface area contributed by atoms with Gasteiger partial charge < -0.3 is 16.2 Å². The summed E-state index contributed by atoms with van der Waals surface area (Å²) in [5.41, 5.74) is 6.84. The molecule has 23 heavy (non-hydrogen) atoms. The average Bonchev–Trinajstić information content (AvgIpc) is 2.58. The van der Waals surface area contributed by atoms with E-state index < -0.39 is 0 Å². The molecule has 0 aromatic rings. The zero-order valence-corrected chi connectivity index (χ0v) is 17.7. The van der Waals surface area contributed by atoms with E-state index in [-0.39, 0.29) is 0 Å². The third-order valence-electron chi connectivity index (χ3n) is 3.01. The van der Waals surface area contributed by atoms with E-state index in [0.29, 0.717) is 18.6 Å². The molecule has 1 unspecified atom stereocenters. The standard InChI is InChI=1S/C12H27N3.C3H8O.2C2H6/c1-6-11(4)7-12(13)8-14-9-15(5)10(2)3;1-2-3-4;2*1-2/h8,10-11,14H,6-7,9,13H2,1-5H3;4H,2-3H2,1H3;2*1-2H3/b12-8-;;;. The van der Waals surface area contributed by atoms with Crippen LogP contribution >= 0.6 is 0 Å². The van der Waals surface area contributed by atoms with Crippen LogP contribution in [0.25, 0.3) is 0 Å². The fraction of sp³-hybridized carbons (Fsp3) is 0.895. The van der Waals surface area contributed by atoms with Crippen LogP contribution in [0.1, 0.15) is 81.6 Å². The SMILES string of the molecule is CC.CC.CCC(C)C/C(N)=C/NCN(C)C(C)C.CCCO. The molecule has 144 valence electrons. The van der Waals surface area contributed by atoms with E-state index in [1.807, 2.05) is 40.8 Å². The Hall–Kier alpha value is -0.740. The summed E-state index contributed by atoms with van der Waals surface area (Å²) in [7, 11) is 2.09. The van der Waals surface area contributed by atoms with Crippen molar-refractivity contribution in [2.75, 3.05) is 20.3 Å². The molecule has 0 aromatic heterocycles. The second-order valence-electron chi connectivity index (χ2n) is 5.37. The summed E-state index contributed by atoms with van der Waals surface area (Å²) in [4.78, 5) is 2.23. The zero-order valence-electron chi connectivity index (χ0n) is 17.7. The van der Waals surface area contributed by atoms with Crippen molar-refractivity contribution < 1.29 is 5.11 Å². The van der Waals surface area contributed by atoms with E-state index in [4.69, 9.17) is 10.8 Å². The molecule has 0 amide bonds. The van der Waals surface area contributed by atoms with Crippen molar-refractivity contribution in [3.63, 3.8) is 0 Å². The Morgan fingerprint density at radius 3 is 1.87 bits per heavy atom. The molecule has 0 saturated heterocycles. The van der Waals surface area contributed by atoms with Crippen molar-refractivity contribution in [3.05, 3.63) is 11.9 Å². The molecule has 4 heteroatoms. The van der Waals surface area contributed by atoms with Gasteiger partial charge in [-0.25, -0.2) is 0 Å². The second-order valence-corrected chi connectivity index (χ2v) is 5.37. The average molecular weight is 334 g/mol. The first-order chi connectivity index (χ1) is 10.9. The molecule has 0 aliphatic carbocycles. The monoisotopic (exact) mass is 333 g/mol. The number of hydrogen-bond donors (Lipinski definition) is 3. The fourth-order valence-corrected chi connectivity index (χ4v) is 1.11. The van der Waals surface area contributed by atoms with Gasteiger partial charge in [-0.2, -0.15) is 0 Å². The number of nitrogens with one attached hydrogen (secondary N) is 1. The zero-order chi connectivity index (χ0) is 19.3. The molecule has 0 saturated carbocycles. The summed E-state index contributed by atoms with van der Waals surface area (Å²) < 4.78 is 0. The number of rotatable bonds is 8. The maximum Gasteiger partial charge on any atom is 0.0673 e. The highest BCUT2D eigenvalue weighted by Crippen LogP contribution is 2.09. The lowest BCUT2D eigenvalue weighted by atomic mass is 10.0. The van der Waals surface area contributed by atoms with Gasteiger partial charge in [0, 0.05) is 24.5 Å². The lowest BCUT2D eigenvalue weighted by Gasteiger charge is -2.21. The van der Waals surface area contributed by atoms with Crippen molar-refractivity contribution in [2.24, 2.45) is 11.7 Å². The van der Waals surface area contributed by atoms with Crippen LogP contribution < -0.4 is 11.1 Å². The van der Waals surface area contributed by atoms with Gasteiger partial charge in [0.1, 0.15) is 0 Å². The Bertz CT molecular complexity index is 217. The molecule has 0 spiro atoms.